The monoisotopic (exact) mass is 762 g/mol. The van der Waals surface area contributed by atoms with Gasteiger partial charge in [0.15, 0.2) is 0 Å². The van der Waals surface area contributed by atoms with Crippen molar-refractivity contribution >= 4 is 66.7 Å². The Morgan fingerprint density at radius 3 is 1.53 bits per heavy atom. The van der Waals surface area contributed by atoms with Crippen molar-refractivity contribution < 1.29 is 23.9 Å². The van der Waals surface area contributed by atoms with Crippen LogP contribution in [0.3, 0.4) is 0 Å². The molecule has 9 rings (SSSR count). The number of ether oxygens (including phenoxy) is 1. The average molecular weight is 763 g/mol. The summed E-state index contributed by atoms with van der Waals surface area (Å²) in [7, 11) is 0. The van der Waals surface area contributed by atoms with Crippen molar-refractivity contribution in [3.05, 3.63) is 64.2 Å². The standard InChI is InChI=1S/C50H54N2O5/c1-3-5-6-7-8-9-10-11-12-19-28-57-40-30-39-43-37(48(54)52(50(39)56)33-22-17-14-18-23-33)26-24-34-41-31(4-2)29-38-42-36(27-25-35(45(41)42)44(40)46(34)43)47(53)51(49(38)55)32-20-15-13-16-21-32/h2,24-27,29-30,32-33H,3,5-23,28H2,1H3. The fourth-order valence-electron chi connectivity index (χ4n) is 10.8. The second-order valence-electron chi connectivity index (χ2n) is 17.2. The van der Waals surface area contributed by atoms with Crippen LogP contribution in [0.2, 0.25) is 0 Å². The van der Waals surface area contributed by atoms with Crippen LogP contribution in [-0.2, 0) is 0 Å². The van der Waals surface area contributed by atoms with Crippen LogP contribution in [0.25, 0.3) is 43.1 Å². The maximum absolute atomic E-state index is 14.6. The zero-order chi connectivity index (χ0) is 39.2. The summed E-state index contributed by atoms with van der Waals surface area (Å²) in [5.41, 5.74) is 2.52. The van der Waals surface area contributed by atoms with Crippen molar-refractivity contribution in [2.45, 2.75) is 147 Å². The lowest BCUT2D eigenvalue weighted by Crippen LogP contribution is -2.48. The molecule has 0 atom stereocenters. The molecule has 2 heterocycles. The van der Waals surface area contributed by atoms with Crippen LogP contribution in [0.5, 0.6) is 5.75 Å². The molecule has 57 heavy (non-hydrogen) atoms. The van der Waals surface area contributed by atoms with E-state index >= 15 is 0 Å². The van der Waals surface area contributed by atoms with Gasteiger partial charge in [0, 0.05) is 66.7 Å². The molecule has 0 unspecified atom stereocenters. The lowest BCUT2D eigenvalue weighted by Gasteiger charge is -2.37. The number of fused-ring (bicyclic) bond motifs is 2. The lowest BCUT2D eigenvalue weighted by molar-refractivity contribution is 0.0487. The van der Waals surface area contributed by atoms with Gasteiger partial charge >= 0.3 is 0 Å². The zero-order valence-electron chi connectivity index (χ0n) is 33.5. The highest BCUT2D eigenvalue weighted by Gasteiger charge is 2.42. The quantitative estimate of drug-likeness (QED) is 0.0370. The summed E-state index contributed by atoms with van der Waals surface area (Å²) in [6.45, 7) is 2.74. The van der Waals surface area contributed by atoms with Gasteiger partial charge in [-0.15, -0.1) is 6.42 Å². The molecule has 7 heteroatoms. The Bertz CT molecular complexity index is 2460. The Morgan fingerprint density at radius 1 is 0.544 bits per heavy atom. The van der Waals surface area contributed by atoms with Crippen LogP contribution in [0.15, 0.2) is 36.4 Å². The van der Waals surface area contributed by atoms with E-state index in [9.17, 15) is 19.2 Å². The topological polar surface area (TPSA) is 84.0 Å². The molecule has 4 amide bonds. The van der Waals surface area contributed by atoms with Gasteiger partial charge in [0.2, 0.25) is 0 Å². The Morgan fingerprint density at radius 2 is 1.00 bits per heavy atom. The van der Waals surface area contributed by atoms with E-state index in [1.54, 1.807) is 6.07 Å². The van der Waals surface area contributed by atoms with Gasteiger partial charge in [0.1, 0.15) is 5.75 Å². The first-order chi connectivity index (χ1) is 27.9. The van der Waals surface area contributed by atoms with Crippen LogP contribution in [-0.4, -0.2) is 52.1 Å². The van der Waals surface area contributed by atoms with Gasteiger partial charge in [-0.2, -0.15) is 0 Å². The molecule has 5 aromatic rings. The van der Waals surface area contributed by atoms with E-state index in [4.69, 9.17) is 11.2 Å². The summed E-state index contributed by atoms with van der Waals surface area (Å²) in [6, 6.07) is 11.0. The highest BCUT2D eigenvalue weighted by molar-refractivity contribution is 6.42. The second-order valence-corrected chi connectivity index (χ2v) is 17.2. The van der Waals surface area contributed by atoms with Crippen molar-refractivity contribution in [2.75, 3.05) is 6.61 Å². The van der Waals surface area contributed by atoms with Gasteiger partial charge in [-0.1, -0.05) is 121 Å². The lowest BCUT2D eigenvalue weighted by atomic mass is 9.79. The molecular formula is C50H54N2O5. The van der Waals surface area contributed by atoms with Gasteiger partial charge in [0.25, 0.3) is 23.6 Å². The van der Waals surface area contributed by atoms with Gasteiger partial charge in [0.05, 0.1) is 12.2 Å². The summed E-state index contributed by atoms with van der Waals surface area (Å²) in [5, 5.41) is 5.94. The Balaban J connectivity index is 1.18. The van der Waals surface area contributed by atoms with E-state index in [0.29, 0.717) is 50.9 Å². The van der Waals surface area contributed by atoms with Crippen molar-refractivity contribution in [3.63, 3.8) is 0 Å². The van der Waals surface area contributed by atoms with Crippen LogP contribution >= 0.6 is 0 Å². The highest BCUT2D eigenvalue weighted by Crippen LogP contribution is 2.51. The molecule has 0 saturated heterocycles. The fourth-order valence-corrected chi connectivity index (χ4v) is 10.8. The Labute approximate surface area is 335 Å². The second kappa shape index (κ2) is 15.8. The van der Waals surface area contributed by atoms with Crippen molar-refractivity contribution in [3.8, 4) is 18.1 Å². The molecule has 2 fully saturated rings. The van der Waals surface area contributed by atoms with Crippen molar-refractivity contribution in [1.82, 2.24) is 9.80 Å². The number of imide groups is 2. The predicted molar refractivity (Wildman–Crippen MR) is 228 cm³/mol. The van der Waals surface area contributed by atoms with E-state index in [1.165, 1.54) is 54.7 Å². The Kier molecular flexibility index (Phi) is 10.4. The highest BCUT2D eigenvalue weighted by atomic mass is 16.5. The third-order valence-corrected chi connectivity index (χ3v) is 13.7. The molecule has 2 saturated carbocycles. The van der Waals surface area contributed by atoms with E-state index in [0.717, 1.165) is 116 Å². The summed E-state index contributed by atoms with van der Waals surface area (Å²) in [4.78, 5) is 60.8. The smallest absolute Gasteiger partial charge is 0.261 e. The predicted octanol–water partition coefficient (Wildman–Crippen LogP) is 11.9. The third-order valence-electron chi connectivity index (χ3n) is 13.7. The average Bonchev–Trinajstić information content (AvgIpc) is 3.24. The summed E-state index contributed by atoms with van der Waals surface area (Å²) in [5.74, 6) is 2.44. The first-order valence-electron chi connectivity index (χ1n) is 22.1. The minimum atomic E-state index is -0.285. The third kappa shape index (κ3) is 6.26. The van der Waals surface area contributed by atoms with E-state index < -0.39 is 0 Å². The van der Waals surface area contributed by atoms with Crippen molar-refractivity contribution in [1.29, 1.82) is 0 Å². The van der Waals surface area contributed by atoms with Crippen molar-refractivity contribution in [2.24, 2.45) is 0 Å². The normalized spacial score (nSPS) is 17.9. The molecule has 294 valence electrons. The fraction of sp³-hybridized carbons (Fsp3) is 0.480. The number of carbonyl (C=O) groups is 4. The summed E-state index contributed by atoms with van der Waals surface area (Å²) in [6.07, 6.45) is 27.9. The number of unbranched alkanes of at least 4 members (excludes halogenated alkanes) is 9. The number of rotatable bonds is 14. The molecule has 5 aromatic carbocycles. The van der Waals surface area contributed by atoms with Gasteiger partial charge in [-0.3, -0.25) is 29.0 Å². The molecule has 2 aliphatic carbocycles. The van der Waals surface area contributed by atoms with Gasteiger partial charge in [-0.25, -0.2) is 0 Å². The first kappa shape index (κ1) is 37.6. The molecule has 0 N–H and O–H groups in total. The Hall–Kier alpha value is -4.96. The first-order valence-corrected chi connectivity index (χ1v) is 22.1. The number of hydrogen-bond acceptors (Lipinski definition) is 5. The molecule has 4 aliphatic rings. The van der Waals surface area contributed by atoms with Crippen LogP contribution in [0, 0.1) is 12.3 Å². The van der Waals surface area contributed by atoms with Gasteiger partial charge in [-0.05, 0) is 67.1 Å². The number of terminal acetylenes is 1. The van der Waals surface area contributed by atoms with Crippen LogP contribution in [0.4, 0.5) is 0 Å². The molecule has 7 nitrogen and oxygen atoms in total. The number of nitrogens with zero attached hydrogens (tertiary/aromatic N) is 2. The minimum absolute atomic E-state index is 0.127. The molecule has 0 aromatic heterocycles. The molecule has 0 spiro atoms. The molecule has 0 bridgehead atoms. The summed E-state index contributed by atoms with van der Waals surface area (Å²) < 4.78 is 6.76. The molecular weight excluding hydrogens is 709 g/mol. The van der Waals surface area contributed by atoms with Crippen LogP contribution in [0.1, 0.15) is 182 Å². The number of carbonyl (C=O) groups excluding carboxylic acids is 4. The molecule has 2 aliphatic heterocycles. The SMILES string of the molecule is C#Cc1cc2c3c(ccc4c5c(OCCCCCCCCCCCC)cc6c7c(ccc(c1c34)c75)C(=O)N(C1CCCCC1)C6=O)C(=O)N(C1CCCCC1)C2=O. The number of amides is 4. The van der Waals surface area contributed by atoms with E-state index in [-0.39, 0.29) is 35.7 Å². The molecule has 0 radical (unpaired) electrons. The zero-order valence-corrected chi connectivity index (χ0v) is 33.5. The van der Waals surface area contributed by atoms with Gasteiger partial charge < -0.3 is 4.74 Å². The van der Waals surface area contributed by atoms with Crippen LogP contribution < -0.4 is 4.74 Å². The maximum Gasteiger partial charge on any atom is 0.261 e. The largest absolute Gasteiger partial charge is 0.493 e. The minimum Gasteiger partial charge on any atom is -0.493 e. The maximum atomic E-state index is 14.6. The van der Waals surface area contributed by atoms with E-state index in [1.807, 2.05) is 30.3 Å². The summed E-state index contributed by atoms with van der Waals surface area (Å²) >= 11 is 0. The number of hydrogen-bond donors (Lipinski definition) is 0. The van der Waals surface area contributed by atoms with E-state index in [2.05, 4.69) is 12.8 Å². The number of benzene rings is 5.